The Kier molecular flexibility index (Phi) is 4.72. The average Bonchev–Trinajstić information content (AvgIpc) is 2.72. The molecule has 0 radical (unpaired) electrons. The van der Waals surface area contributed by atoms with Gasteiger partial charge in [-0.1, -0.05) is 19.3 Å². The molecule has 1 N–H and O–H groups in total. The van der Waals surface area contributed by atoms with E-state index in [2.05, 4.69) is 15.5 Å². The van der Waals surface area contributed by atoms with Crippen LogP contribution in [0.15, 0.2) is 12.1 Å². The Morgan fingerprint density at radius 3 is 2.86 bits per heavy atom. The number of anilines is 1. The van der Waals surface area contributed by atoms with Gasteiger partial charge in [-0.25, -0.2) is 4.79 Å². The summed E-state index contributed by atoms with van der Waals surface area (Å²) in [4.78, 5) is 14.2. The largest absolute Gasteiger partial charge is 0.480 e. The van der Waals surface area contributed by atoms with Crippen LogP contribution in [-0.4, -0.2) is 54.5 Å². The molecular formula is C15H22N4O3. The second-order valence-corrected chi connectivity index (χ2v) is 5.86. The summed E-state index contributed by atoms with van der Waals surface area (Å²) >= 11 is 0. The lowest BCUT2D eigenvalue weighted by atomic mass is 9.76. The number of carbonyl (C=O) groups is 1. The summed E-state index contributed by atoms with van der Waals surface area (Å²) in [5.74, 6) is 2.00. The number of urea groups is 1. The molecule has 22 heavy (non-hydrogen) atoms. The number of hydrogen-bond acceptors (Lipinski definition) is 5. The predicted octanol–water partition coefficient (Wildman–Crippen LogP) is 1.77. The molecule has 0 aromatic carbocycles. The van der Waals surface area contributed by atoms with Crippen LogP contribution in [0.3, 0.4) is 0 Å². The maximum absolute atomic E-state index is 12.4. The van der Waals surface area contributed by atoms with E-state index in [-0.39, 0.29) is 6.03 Å². The number of methoxy groups -OCH3 is 1. The first-order valence-corrected chi connectivity index (χ1v) is 7.77. The highest BCUT2D eigenvalue weighted by atomic mass is 16.5. The SMILES string of the molecule is COc1ccc(NC(=O)N2CCOCC(C3CCC3)C2)nn1. The standard InChI is InChI=1S/C15H22N4O3/c1-21-14-6-5-13(17-18-14)16-15(20)19-7-8-22-10-12(9-19)11-3-2-4-11/h5-6,11-12H,2-4,7-10H2,1H3,(H,16,17,20). The molecule has 7 heteroatoms. The lowest BCUT2D eigenvalue weighted by Gasteiger charge is -2.34. The first-order valence-electron chi connectivity index (χ1n) is 7.77. The third kappa shape index (κ3) is 3.47. The zero-order valence-electron chi connectivity index (χ0n) is 12.8. The van der Waals surface area contributed by atoms with Gasteiger partial charge in [0.05, 0.1) is 20.3 Å². The summed E-state index contributed by atoms with van der Waals surface area (Å²) in [6, 6.07) is 3.21. The smallest absolute Gasteiger partial charge is 0.323 e. The molecule has 7 nitrogen and oxygen atoms in total. The second kappa shape index (κ2) is 6.91. The van der Waals surface area contributed by atoms with Crippen molar-refractivity contribution in [3.05, 3.63) is 12.1 Å². The first kappa shape index (κ1) is 15.0. The Labute approximate surface area is 130 Å². The van der Waals surface area contributed by atoms with Gasteiger partial charge in [-0.15, -0.1) is 10.2 Å². The van der Waals surface area contributed by atoms with Crippen molar-refractivity contribution in [1.29, 1.82) is 0 Å². The monoisotopic (exact) mass is 306 g/mol. The summed E-state index contributed by atoms with van der Waals surface area (Å²) < 4.78 is 10.6. The minimum absolute atomic E-state index is 0.144. The van der Waals surface area contributed by atoms with E-state index in [0.717, 1.165) is 13.2 Å². The highest BCUT2D eigenvalue weighted by Gasteiger charge is 2.31. The van der Waals surface area contributed by atoms with Gasteiger partial charge < -0.3 is 14.4 Å². The van der Waals surface area contributed by atoms with Crippen molar-refractivity contribution >= 4 is 11.8 Å². The zero-order valence-corrected chi connectivity index (χ0v) is 12.8. The number of carbonyl (C=O) groups excluding carboxylic acids is 1. The first-order chi connectivity index (χ1) is 10.8. The van der Waals surface area contributed by atoms with Crippen LogP contribution in [0.4, 0.5) is 10.6 Å². The third-order valence-electron chi connectivity index (χ3n) is 4.48. The maximum Gasteiger partial charge on any atom is 0.323 e. The molecular weight excluding hydrogens is 284 g/mol. The van der Waals surface area contributed by atoms with Gasteiger partial charge in [0.25, 0.3) is 0 Å². The Morgan fingerprint density at radius 1 is 1.36 bits per heavy atom. The van der Waals surface area contributed by atoms with E-state index in [1.807, 2.05) is 4.90 Å². The highest BCUT2D eigenvalue weighted by molar-refractivity contribution is 5.88. The molecule has 3 rings (SSSR count). The predicted molar refractivity (Wildman–Crippen MR) is 80.8 cm³/mol. The molecule has 1 unspecified atom stereocenters. The fourth-order valence-electron chi connectivity index (χ4n) is 2.90. The quantitative estimate of drug-likeness (QED) is 0.921. The number of amides is 2. The molecule has 2 aliphatic rings. The van der Waals surface area contributed by atoms with Crippen molar-refractivity contribution in [3.63, 3.8) is 0 Å². The number of nitrogens with one attached hydrogen (secondary N) is 1. The zero-order chi connectivity index (χ0) is 15.4. The van der Waals surface area contributed by atoms with Gasteiger partial charge in [-0.3, -0.25) is 5.32 Å². The lowest BCUT2D eigenvalue weighted by Crippen LogP contribution is -2.41. The van der Waals surface area contributed by atoms with E-state index in [9.17, 15) is 4.79 Å². The summed E-state index contributed by atoms with van der Waals surface area (Å²) in [6.07, 6.45) is 3.82. The van der Waals surface area contributed by atoms with Crippen molar-refractivity contribution in [2.75, 3.05) is 38.7 Å². The van der Waals surface area contributed by atoms with E-state index >= 15 is 0 Å². The normalized spacial score (nSPS) is 22.6. The highest BCUT2D eigenvalue weighted by Crippen LogP contribution is 2.34. The van der Waals surface area contributed by atoms with Crippen LogP contribution in [0, 0.1) is 11.8 Å². The minimum Gasteiger partial charge on any atom is -0.480 e. The van der Waals surface area contributed by atoms with Gasteiger partial charge >= 0.3 is 6.03 Å². The molecule has 1 atom stereocenters. The molecule has 2 amide bonds. The van der Waals surface area contributed by atoms with E-state index in [1.54, 1.807) is 12.1 Å². The molecule has 1 aliphatic carbocycles. The molecule has 1 saturated carbocycles. The Morgan fingerprint density at radius 2 is 2.23 bits per heavy atom. The van der Waals surface area contributed by atoms with Crippen LogP contribution < -0.4 is 10.1 Å². The average molecular weight is 306 g/mol. The van der Waals surface area contributed by atoms with Crippen LogP contribution in [-0.2, 0) is 4.74 Å². The van der Waals surface area contributed by atoms with Gasteiger partial charge in [0.15, 0.2) is 5.82 Å². The van der Waals surface area contributed by atoms with Crippen molar-refractivity contribution < 1.29 is 14.3 Å². The van der Waals surface area contributed by atoms with Gasteiger partial charge in [0.2, 0.25) is 5.88 Å². The number of ether oxygens (including phenoxy) is 2. The summed E-state index contributed by atoms with van der Waals surface area (Å²) in [6.45, 7) is 2.71. The minimum atomic E-state index is -0.144. The van der Waals surface area contributed by atoms with Crippen LogP contribution in [0.1, 0.15) is 19.3 Å². The number of rotatable bonds is 3. The fourth-order valence-corrected chi connectivity index (χ4v) is 2.90. The Balaban J connectivity index is 1.59. The van der Waals surface area contributed by atoms with Gasteiger partial charge in [-0.05, 0) is 12.0 Å². The number of nitrogens with zero attached hydrogens (tertiary/aromatic N) is 3. The summed E-state index contributed by atoms with van der Waals surface area (Å²) in [5, 5.41) is 10.6. The second-order valence-electron chi connectivity index (χ2n) is 5.86. The Hall–Kier alpha value is -1.89. The van der Waals surface area contributed by atoms with E-state index < -0.39 is 0 Å². The molecule has 1 aromatic heterocycles. The molecule has 2 fully saturated rings. The Bertz CT molecular complexity index is 504. The lowest BCUT2D eigenvalue weighted by molar-refractivity contribution is 0.0776. The van der Waals surface area contributed by atoms with Gasteiger partial charge in [-0.2, -0.15) is 0 Å². The molecule has 2 heterocycles. The molecule has 1 aromatic rings. The van der Waals surface area contributed by atoms with Crippen molar-refractivity contribution in [1.82, 2.24) is 15.1 Å². The molecule has 0 bridgehead atoms. The fraction of sp³-hybridized carbons (Fsp3) is 0.667. The maximum atomic E-state index is 12.4. The van der Waals surface area contributed by atoms with E-state index in [4.69, 9.17) is 9.47 Å². The van der Waals surface area contributed by atoms with Crippen LogP contribution in [0.2, 0.25) is 0 Å². The van der Waals surface area contributed by atoms with Crippen LogP contribution in [0.25, 0.3) is 0 Å². The van der Waals surface area contributed by atoms with E-state index in [0.29, 0.717) is 36.7 Å². The van der Waals surface area contributed by atoms with Crippen molar-refractivity contribution in [3.8, 4) is 5.88 Å². The molecule has 0 spiro atoms. The molecule has 1 aliphatic heterocycles. The third-order valence-corrected chi connectivity index (χ3v) is 4.48. The van der Waals surface area contributed by atoms with Crippen molar-refractivity contribution in [2.24, 2.45) is 11.8 Å². The topological polar surface area (TPSA) is 76.6 Å². The number of hydrogen-bond donors (Lipinski definition) is 1. The summed E-state index contributed by atoms with van der Waals surface area (Å²) in [7, 11) is 1.53. The van der Waals surface area contributed by atoms with Crippen LogP contribution >= 0.6 is 0 Å². The molecule has 1 saturated heterocycles. The van der Waals surface area contributed by atoms with Crippen molar-refractivity contribution in [2.45, 2.75) is 19.3 Å². The van der Waals surface area contributed by atoms with E-state index in [1.165, 1.54) is 26.4 Å². The summed E-state index contributed by atoms with van der Waals surface area (Å²) in [5.41, 5.74) is 0. The van der Waals surface area contributed by atoms with Crippen LogP contribution in [0.5, 0.6) is 5.88 Å². The number of aromatic nitrogens is 2. The van der Waals surface area contributed by atoms with Gasteiger partial charge in [0, 0.05) is 25.1 Å². The van der Waals surface area contributed by atoms with Gasteiger partial charge in [0.1, 0.15) is 0 Å². The molecule has 120 valence electrons.